The van der Waals surface area contributed by atoms with Gasteiger partial charge in [0.25, 0.3) is 0 Å². The molecule has 1 unspecified atom stereocenters. The quantitative estimate of drug-likeness (QED) is 0.649. The molecule has 2 aromatic rings. The number of ether oxygens (including phenoxy) is 1. The van der Waals surface area contributed by atoms with Crippen molar-refractivity contribution in [2.75, 3.05) is 7.11 Å². The molecule has 19 heavy (non-hydrogen) atoms. The molecule has 2 aromatic carbocycles. The highest BCUT2D eigenvalue weighted by molar-refractivity contribution is 9.10. The molecular formula is C15H13Br2FO. The Morgan fingerprint density at radius 1 is 1.21 bits per heavy atom. The van der Waals surface area contributed by atoms with Gasteiger partial charge in [0.15, 0.2) is 0 Å². The van der Waals surface area contributed by atoms with Gasteiger partial charge in [0.2, 0.25) is 0 Å². The molecule has 0 N–H and O–H groups in total. The standard InChI is InChI=1S/C15H13Br2FO/c1-19-11-5-2-4-10(8-11)9-14(17)12-6-3-7-13(16)15(12)18/h2-8,14H,9H2,1H3. The van der Waals surface area contributed by atoms with Crippen LogP contribution in [0.4, 0.5) is 4.39 Å². The maximum atomic E-state index is 14.0. The van der Waals surface area contributed by atoms with Gasteiger partial charge >= 0.3 is 0 Å². The lowest BCUT2D eigenvalue weighted by Gasteiger charge is -2.13. The van der Waals surface area contributed by atoms with Gasteiger partial charge < -0.3 is 4.74 Å². The number of hydrogen-bond donors (Lipinski definition) is 0. The van der Waals surface area contributed by atoms with Crippen LogP contribution in [0.2, 0.25) is 0 Å². The van der Waals surface area contributed by atoms with Crippen LogP contribution in [0.1, 0.15) is 16.0 Å². The van der Waals surface area contributed by atoms with Crippen LogP contribution in [0.5, 0.6) is 5.75 Å². The van der Waals surface area contributed by atoms with E-state index in [1.807, 2.05) is 30.3 Å². The minimum atomic E-state index is -0.215. The summed E-state index contributed by atoms with van der Waals surface area (Å²) in [5.41, 5.74) is 1.75. The molecule has 1 nitrogen and oxygen atoms in total. The van der Waals surface area contributed by atoms with Gasteiger partial charge in [-0.3, -0.25) is 0 Å². The summed E-state index contributed by atoms with van der Waals surface area (Å²) in [5, 5.41) is 0. The van der Waals surface area contributed by atoms with Crippen LogP contribution in [0.15, 0.2) is 46.9 Å². The van der Waals surface area contributed by atoms with Gasteiger partial charge in [0, 0.05) is 10.4 Å². The highest BCUT2D eigenvalue weighted by atomic mass is 79.9. The molecule has 0 fully saturated rings. The Bertz CT molecular complexity index is 572. The maximum absolute atomic E-state index is 14.0. The molecule has 100 valence electrons. The molecule has 0 radical (unpaired) electrons. The summed E-state index contributed by atoms with van der Waals surface area (Å²) in [6, 6.07) is 13.1. The van der Waals surface area contributed by atoms with Crippen molar-refractivity contribution in [3.63, 3.8) is 0 Å². The van der Waals surface area contributed by atoms with Crippen molar-refractivity contribution in [2.45, 2.75) is 11.2 Å². The minimum absolute atomic E-state index is 0.0721. The van der Waals surface area contributed by atoms with Crippen molar-refractivity contribution in [3.8, 4) is 5.75 Å². The van der Waals surface area contributed by atoms with Crippen LogP contribution in [0.25, 0.3) is 0 Å². The summed E-state index contributed by atoms with van der Waals surface area (Å²) in [4.78, 5) is -0.0721. The lowest BCUT2D eigenvalue weighted by Crippen LogP contribution is -1.99. The van der Waals surface area contributed by atoms with E-state index in [1.54, 1.807) is 19.2 Å². The largest absolute Gasteiger partial charge is 0.497 e. The Morgan fingerprint density at radius 3 is 2.68 bits per heavy atom. The van der Waals surface area contributed by atoms with Gasteiger partial charge in [0.1, 0.15) is 11.6 Å². The van der Waals surface area contributed by atoms with Crippen LogP contribution in [0, 0.1) is 5.82 Å². The van der Waals surface area contributed by atoms with Crippen LogP contribution in [0.3, 0.4) is 0 Å². The first-order chi connectivity index (χ1) is 9.11. The van der Waals surface area contributed by atoms with E-state index in [9.17, 15) is 4.39 Å². The summed E-state index contributed by atoms with van der Waals surface area (Å²) < 4.78 is 19.7. The van der Waals surface area contributed by atoms with Crippen LogP contribution >= 0.6 is 31.9 Å². The van der Waals surface area contributed by atoms with Crippen molar-refractivity contribution in [1.82, 2.24) is 0 Å². The average molecular weight is 388 g/mol. The number of benzene rings is 2. The predicted octanol–water partition coefficient (Wildman–Crippen LogP) is 5.28. The van der Waals surface area contributed by atoms with Gasteiger partial charge in [0.05, 0.1) is 11.6 Å². The third-order valence-corrected chi connectivity index (χ3v) is 4.30. The van der Waals surface area contributed by atoms with Crippen molar-refractivity contribution < 1.29 is 9.13 Å². The van der Waals surface area contributed by atoms with E-state index in [2.05, 4.69) is 31.9 Å². The molecule has 1 atom stereocenters. The minimum Gasteiger partial charge on any atom is -0.497 e. The second kappa shape index (κ2) is 6.53. The highest BCUT2D eigenvalue weighted by Gasteiger charge is 2.15. The molecule has 0 saturated heterocycles. The van der Waals surface area contributed by atoms with E-state index < -0.39 is 0 Å². The fourth-order valence-corrected chi connectivity index (χ4v) is 2.99. The van der Waals surface area contributed by atoms with E-state index in [0.717, 1.165) is 11.3 Å². The third-order valence-electron chi connectivity index (χ3n) is 2.87. The molecule has 0 amide bonds. The molecular weight excluding hydrogens is 375 g/mol. The lowest BCUT2D eigenvalue weighted by atomic mass is 10.0. The molecule has 0 aliphatic rings. The van der Waals surface area contributed by atoms with E-state index in [1.165, 1.54) is 0 Å². The Labute approximate surface area is 129 Å². The topological polar surface area (TPSA) is 9.23 Å². The van der Waals surface area contributed by atoms with E-state index in [0.29, 0.717) is 16.5 Å². The zero-order valence-electron chi connectivity index (χ0n) is 10.4. The Kier molecular flexibility index (Phi) is 4.99. The van der Waals surface area contributed by atoms with Gasteiger partial charge in [-0.1, -0.05) is 40.2 Å². The Hall–Kier alpha value is -0.870. The number of alkyl halides is 1. The van der Waals surface area contributed by atoms with Crippen LogP contribution < -0.4 is 4.74 Å². The van der Waals surface area contributed by atoms with Crippen molar-refractivity contribution in [3.05, 3.63) is 63.9 Å². The summed E-state index contributed by atoms with van der Waals surface area (Å²) in [6.45, 7) is 0. The SMILES string of the molecule is COc1cccc(CC(Br)c2cccc(Br)c2F)c1. The molecule has 0 bridgehead atoms. The monoisotopic (exact) mass is 386 g/mol. The molecule has 0 aromatic heterocycles. The molecule has 0 heterocycles. The number of methoxy groups -OCH3 is 1. The zero-order chi connectivity index (χ0) is 13.8. The Morgan fingerprint density at radius 2 is 1.95 bits per heavy atom. The third kappa shape index (κ3) is 3.57. The van der Waals surface area contributed by atoms with Crippen LogP contribution in [-0.2, 0) is 6.42 Å². The van der Waals surface area contributed by atoms with Crippen molar-refractivity contribution in [2.24, 2.45) is 0 Å². The number of halogens is 3. The summed E-state index contributed by atoms with van der Waals surface area (Å²) in [6.07, 6.45) is 0.699. The van der Waals surface area contributed by atoms with Gasteiger partial charge in [-0.15, -0.1) is 0 Å². The fourth-order valence-electron chi connectivity index (χ4n) is 1.88. The highest BCUT2D eigenvalue weighted by Crippen LogP contribution is 2.32. The average Bonchev–Trinajstić information content (AvgIpc) is 2.42. The number of hydrogen-bond acceptors (Lipinski definition) is 1. The van der Waals surface area contributed by atoms with Crippen LogP contribution in [-0.4, -0.2) is 7.11 Å². The normalized spacial score (nSPS) is 12.2. The Balaban J connectivity index is 2.20. The molecule has 2 rings (SSSR count). The lowest BCUT2D eigenvalue weighted by molar-refractivity contribution is 0.414. The second-order valence-electron chi connectivity index (χ2n) is 4.17. The molecule has 0 saturated carbocycles. The van der Waals surface area contributed by atoms with Gasteiger partial charge in [-0.2, -0.15) is 0 Å². The molecule has 0 aliphatic heterocycles. The predicted molar refractivity (Wildman–Crippen MR) is 82.5 cm³/mol. The summed E-state index contributed by atoms with van der Waals surface area (Å²) in [5.74, 6) is 0.596. The maximum Gasteiger partial charge on any atom is 0.141 e. The first-order valence-electron chi connectivity index (χ1n) is 5.82. The number of rotatable bonds is 4. The van der Waals surface area contributed by atoms with Crippen molar-refractivity contribution >= 4 is 31.9 Å². The summed E-state index contributed by atoms with van der Waals surface area (Å²) >= 11 is 6.76. The van der Waals surface area contributed by atoms with E-state index >= 15 is 0 Å². The zero-order valence-corrected chi connectivity index (χ0v) is 13.5. The molecule has 0 aliphatic carbocycles. The van der Waals surface area contributed by atoms with Gasteiger partial charge in [-0.05, 0) is 46.1 Å². The first kappa shape index (κ1) is 14.5. The van der Waals surface area contributed by atoms with E-state index in [4.69, 9.17) is 4.74 Å². The smallest absolute Gasteiger partial charge is 0.141 e. The first-order valence-corrected chi connectivity index (χ1v) is 7.53. The summed E-state index contributed by atoms with van der Waals surface area (Å²) in [7, 11) is 1.64. The molecule has 4 heteroatoms. The van der Waals surface area contributed by atoms with Crippen molar-refractivity contribution in [1.29, 1.82) is 0 Å². The van der Waals surface area contributed by atoms with Gasteiger partial charge in [-0.25, -0.2) is 4.39 Å². The fraction of sp³-hybridized carbons (Fsp3) is 0.200. The van der Waals surface area contributed by atoms with E-state index in [-0.39, 0.29) is 10.6 Å². The second-order valence-corrected chi connectivity index (χ2v) is 6.13. The molecule has 0 spiro atoms.